The molecule has 1 heterocycles. The predicted octanol–water partition coefficient (Wildman–Crippen LogP) is 2.57. The van der Waals surface area contributed by atoms with Crippen LogP contribution in [-0.2, 0) is 9.53 Å². The molecule has 0 unspecified atom stereocenters. The molecule has 21 heavy (non-hydrogen) atoms. The summed E-state index contributed by atoms with van der Waals surface area (Å²) in [6.07, 6.45) is 1.77. The van der Waals surface area contributed by atoms with Crippen molar-refractivity contribution in [3.8, 4) is 5.75 Å². The van der Waals surface area contributed by atoms with Gasteiger partial charge in [0.15, 0.2) is 0 Å². The number of ether oxygens (including phenoxy) is 2. The van der Waals surface area contributed by atoms with Crippen LogP contribution in [0.25, 0.3) is 0 Å². The van der Waals surface area contributed by atoms with Crippen molar-refractivity contribution in [1.29, 1.82) is 0 Å². The minimum atomic E-state index is -0.0684. The van der Waals surface area contributed by atoms with Crippen molar-refractivity contribution < 1.29 is 14.3 Å². The van der Waals surface area contributed by atoms with E-state index in [2.05, 4.69) is 36.9 Å². The molecule has 0 aliphatic carbocycles. The maximum absolute atomic E-state index is 11.5. The fourth-order valence-electron chi connectivity index (χ4n) is 2.87. The Kier molecular flexibility index (Phi) is 5.62. The van der Waals surface area contributed by atoms with Crippen molar-refractivity contribution in [2.45, 2.75) is 26.7 Å². The van der Waals surface area contributed by atoms with Crippen LogP contribution in [0.4, 0.5) is 0 Å². The molecule has 1 saturated heterocycles. The number of carbonyl (C=O) groups is 1. The summed E-state index contributed by atoms with van der Waals surface area (Å²) in [4.78, 5) is 13.8. The molecular weight excluding hydrogens is 266 g/mol. The maximum Gasteiger partial charge on any atom is 0.308 e. The lowest BCUT2D eigenvalue weighted by molar-refractivity contribution is -0.147. The molecule has 0 spiro atoms. The number of hydrogen-bond acceptors (Lipinski definition) is 4. The van der Waals surface area contributed by atoms with Gasteiger partial charge in [-0.1, -0.05) is 6.07 Å². The lowest BCUT2D eigenvalue weighted by Gasteiger charge is -2.30. The van der Waals surface area contributed by atoms with Crippen molar-refractivity contribution in [2.75, 3.05) is 33.4 Å². The van der Waals surface area contributed by atoms with Gasteiger partial charge in [-0.15, -0.1) is 0 Å². The molecule has 0 aromatic heterocycles. The number of rotatable bonds is 5. The fraction of sp³-hybridized carbons (Fsp3) is 0.588. The van der Waals surface area contributed by atoms with Crippen molar-refractivity contribution in [3.63, 3.8) is 0 Å². The third-order valence-electron chi connectivity index (χ3n) is 3.99. The van der Waals surface area contributed by atoms with E-state index in [4.69, 9.17) is 9.47 Å². The van der Waals surface area contributed by atoms with Crippen LogP contribution in [0.15, 0.2) is 18.2 Å². The Bertz CT molecular complexity index is 459. The molecular formula is C17H25NO3. The number of carbonyl (C=O) groups excluding carboxylic acids is 1. The number of benzene rings is 1. The molecule has 1 aromatic rings. The van der Waals surface area contributed by atoms with Gasteiger partial charge < -0.3 is 9.47 Å². The maximum atomic E-state index is 11.5. The molecule has 0 N–H and O–H groups in total. The number of piperidine rings is 1. The molecule has 4 heteroatoms. The molecule has 4 nitrogen and oxygen atoms in total. The molecule has 1 aromatic carbocycles. The Morgan fingerprint density at radius 2 is 1.81 bits per heavy atom. The van der Waals surface area contributed by atoms with Crippen LogP contribution in [-0.4, -0.2) is 44.2 Å². The highest BCUT2D eigenvalue weighted by Gasteiger charge is 2.25. The Morgan fingerprint density at radius 3 is 2.38 bits per heavy atom. The van der Waals surface area contributed by atoms with E-state index in [1.54, 1.807) is 0 Å². The molecule has 1 fully saturated rings. The first-order chi connectivity index (χ1) is 10.1. The van der Waals surface area contributed by atoms with Crippen molar-refractivity contribution in [1.82, 2.24) is 4.90 Å². The summed E-state index contributed by atoms with van der Waals surface area (Å²) in [5.41, 5.74) is 2.45. The monoisotopic (exact) mass is 291 g/mol. The van der Waals surface area contributed by atoms with Gasteiger partial charge in [-0.25, -0.2) is 0 Å². The third kappa shape index (κ3) is 4.74. The highest BCUT2D eigenvalue weighted by molar-refractivity contribution is 5.72. The highest BCUT2D eigenvalue weighted by Crippen LogP contribution is 2.19. The van der Waals surface area contributed by atoms with Gasteiger partial charge in [0.05, 0.1) is 13.0 Å². The fourth-order valence-corrected chi connectivity index (χ4v) is 2.87. The van der Waals surface area contributed by atoms with E-state index >= 15 is 0 Å². The van der Waals surface area contributed by atoms with Crippen LogP contribution in [0.5, 0.6) is 5.75 Å². The van der Waals surface area contributed by atoms with E-state index < -0.39 is 0 Å². The lowest BCUT2D eigenvalue weighted by atomic mass is 9.97. The van der Waals surface area contributed by atoms with E-state index in [-0.39, 0.29) is 11.9 Å². The zero-order valence-corrected chi connectivity index (χ0v) is 13.2. The minimum absolute atomic E-state index is 0.0684. The van der Waals surface area contributed by atoms with E-state index in [0.29, 0.717) is 6.61 Å². The van der Waals surface area contributed by atoms with E-state index in [1.807, 2.05) is 0 Å². The first kappa shape index (κ1) is 15.8. The van der Waals surface area contributed by atoms with E-state index in [0.717, 1.165) is 38.2 Å². The summed E-state index contributed by atoms with van der Waals surface area (Å²) in [7, 11) is 1.46. The van der Waals surface area contributed by atoms with E-state index in [9.17, 15) is 4.79 Å². The first-order valence-corrected chi connectivity index (χ1v) is 7.60. The van der Waals surface area contributed by atoms with Gasteiger partial charge in [0.1, 0.15) is 12.4 Å². The molecule has 1 aliphatic rings. The highest BCUT2D eigenvalue weighted by atomic mass is 16.5. The molecule has 2 rings (SSSR count). The summed E-state index contributed by atoms with van der Waals surface area (Å²) < 4.78 is 10.6. The minimum Gasteiger partial charge on any atom is -0.492 e. The number of esters is 1. The van der Waals surface area contributed by atoms with Gasteiger partial charge in [0.2, 0.25) is 0 Å². The first-order valence-electron chi connectivity index (χ1n) is 7.60. The Morgan fingerprint density at radius 1 is 1.19 bits per heavy atom. The zero-order valence-electron chi connectivity index (χ0n) is 13.2. The molecule has 0 radical (unpaired) electrons. The van der Waals surface area contributed by atoms with Gasteiger partial charge >= 0.3 is 5.97 Å². The van der Waals surface area contributed by atoms with Crippen molar-refractivity contribution in [3.05, 3.63) is 29.3 Å². The smallest absolute Gasteiger partial charge is 0.308 e. The van der Waals surface area contributed by atoms with Crippen molar-refractivity contribution in [2.24, 2.45) is 5.92 Å². The number of aryl methyl sites for hydroxylation is 2. The third-order valence-corrected chi connectivity index (χ3v) is 3.99. The van der Waals surface area contributed by atoms with Gasteiger partial charge in [-0.2, -0.15) is 0 Å². The topological polar surface area (TPSA) is 38.8 Å². The molecule has 0 atom stereocenters. The molecule has 1 aliphatic heterocycles. The summed E-state index contributed by atoms with van der Waals surface area (Å²) in [6, 6.07) is 6.28. The van der Waals surface area contributed by atoms with Gasteiger partial charge in [-0.05, 0) is 63.0 Å². The summed E-state index contributed by atoms with van der Waals surface area (Å²) >= 11 is 0. The second kappa shape index (κ2) is 7.46. The number of methoxy groups -OCH3 is 1. The normalized spacial score (nSPS) is 16.7. The average molecular weight is 291 g/mol. The summed E-state index contributed by atoms with van der Waals surface area (Å²) in [5.74, 6) is 0.949. The summed E-state index contributed by atoms with van der Waals surface area (Å²) in [6.45, 7) is 7.63. The van der Waals surface area contributed by atoms with Gasteiger partial charge in [0.25, 0.3) is 0 Å². The zero-order chi connectivity index (χ0) is 15.2. The summed E-state index contributed by atoms with van der Waals surface area (Å²) in [5, 5.41) is 0. The Hall–Kier alpha value is -1.55. The molecule has 0 amide bonds. The van der Waals surface area contributed by atoms with Crippen molar-refractivity contribution >= 4 is 5.97 Å². The Balaban J connectivity index is 1.71. The lowest BCUT2D eigenvalue weighted by Crippen LogP contribution is -2.38. The number of hydrogen-bond donors (Lipinski definition) is 0. The van der Waals surface area contributed by atoms with Gasteiger partial charge in [0, 0.05) is 6.54 Å². The molecule has 0 saturated carbocycles. The van der Waals surface area contributed by atoms with Crippen LogP contribution in [0.3, 0.4) is 0 Å². The molecule has 0 bridgehead atoms. The quantitative estimate of drug-likeness (QED) is 0.782. The largest absolute Gasteiger partial charge is 0.492 e. The van der Waals surface area contributed by atoms with Gasteiger partial charge in [-0.3, -0.25) is 9.69 Å². The van der Waals surface area contributed by atoms with Crippen LogP contribution >= 0.6 is 0 Å². The van der Waals surface area contributed by atoms with E-state index in [1.165, 1.54) is 18.2 Å². The number of nitrogens with zero attached hydrogens (tertiary/aromatic N) is 1. The standard InChI is InChI=1S/C17H25NO3/c1-13-10-14(2)12-16(11-13)21-9-8-18-6-4-15(5-7-18)17(19)20-3/h10-12,15H,4-9H2,1-3H3. The van der Waals surface area contributed by atoms with Crippen LogP contribution in [0, 0.1) is 19.8 Å². The molecule has 116 valence electrons. The Labute approximate surface area is 127 Å². The van der Waals surface area contributed by atoms with Crippen LogP contribution in [0.2, 0.25) is 0 Å². The van der Waals surface area contributed by atoms with Crippen LogP contribution < -0.4 is 4.74 Å². The number of likely N-dealkylation sites (tertiary alicyclic amines) is 1. The second-order valence-corrected chi connectivity index (χ2v) is 5.81. The average Bonchev–Trinajstić information content (AvgIpc) is 2.46. The van der Waals surface area contributed by atoms with Crippen LogP contribution in [0.1, 0.15) is 24.0 Å². The predicted molar refractivity (Wildman–Crippen MR) is 82.6 cm³/mol. The SMILES string of the molecule is COC(=O)C1CCN(CCOc2cc(C)cc(C)c2)CC1. The second-order valence-electron chi connectivity index (χ2n) is 5.81.